The predicted molar refractivity (Wildman–Crippen MR) is 155 cm³/mol. The molecule has 1 amide bonds. The van der Waals surface area contributed by atoms with Gasteiger partial charge in [0.05, 0.1) is 38.3 Å². The number of carbonyl (C=O) groups is 1. The van der Waals surface area contributed by atoms with Crippen molar-refractivity contribution in [2.75, 3.05) is 34.0 Å². The molecule has 4 heterocycles. The number of aliphatic hydroxyl groups is 3. The fraction of sp³-hybridized carbons (Fsp3) is 0.433. The Bertz CT molecular complexity index is 1670. The molecule has 0 aliphatic carbocycles. The lowest BCUT2D eigenvalue weighted by Crippen LogP contribution is -2.63. The molecule has 0 saturated carbocycles. The molecule has 0 bridgehead atoms. The third-order valence-electron chi connectivity index (χ3n) is 8.50. The van der Waals surface area contributed by atoms with Gasteiger partial charge in [-0.3, -0.25) is 4.79 Å². The van der Waals surface area contributed by atoms with Crippen LogP contribution >= 0.6 is 0 Å². The van der Waals surface area contributed by atoms with E-state index in [1.54, 1.807) is 24.4 Å². The minimum Gasteiger partial charge on any atom is -0.394 e. The van der Waals surface area contributed by atoms with E-state index in [4.69, 9.17) is 14.2 Å². The molecule has 14 nitrogen and oxygen atoms in total. The monoisotopic (exact) mass is 641 g/mol. The number of hydrogen-bond donors (Lipinski definition) is 3. The molecule has 2 aliphatic heterocycles. The van der Waals surface area contributed by atoms with Crippen LogP contribution in [0.1, 0.15) is 12.1 Å². The highest BCUT2D eigenvalue weighted by Gasteiger charge is 2.52. The number of carbonyl (C=O) groups excluding carboxylic acids is 1. The first-order valence-electron chi connectivity index (χ1n) is 14.5. The summed E-state index contributed by atoms with van der Waals surface area (Å²) in [7, 11) is 2.82. The van der Waals surface area contributed by atoms with Gasteiger partial charge in [0.1, 0.15) is 59.5 Å². The lowest BCUT2D eigenvalue weighted by Gasteiger charge is -2.45. The van der Waals surface area contributed by atoms with Crippen LogP contribution in [-0.4, -0.2) is 127 Å². The van der Waals surface area contributed by atoms with Gasteiger partial charge in [0.2, 0.25) is 0 Å². The average molecular weight is 642 g/mol. The Morgan fingerprint density at radius 2 is 1.59 bits per heavy atom. The zero-order valence-corrected chi connectivity index (χ0v) is 24.9. The van der Waals surface area contributed by atoms with Gasteiger partial charge in [-0.25, -0.2) is 18.1 Å². The summed E-state index contributed by atoms with van der Waals surface area (Å²) in [5.41, 5.74) is 1.66. The second kappa shape index (κ2) is 13.3. The van der Waals surface area contributed by atoms with Gasteiger partial charge in [-0.2, -0.15) is 0 Å². The van der Waals surface area contributed by atoms with Crippen LogP contribution in [0, 0.1) is 11.6 Å². The van der Waals surface area contributed by atoms with Gasteiger partial charge in [-0.15, -0.1) is 10.2 Å². The number of nitrogens with zero attached hydrogens (tertiary/aromatic N) is 7. The first-order valence-corrected chi connectivity index (χ1v) is 14.5. The Labute approximate surface area is 261 Å². The number of likely N-dealkylation sites (N-methyl/N-ethyl adjacent to an activating group) is 1. The maximum absolute atomic E-state index is 14.0. The first kappa shape index (κ1) is 31.8. The SMILES string of the molecule is CO[C@@H]1[C@@H](n2cc(-c3cccc(F)c3)nn2)[C@@H](O)[C@@H](CO)O[C@H]1C(=O)N(C)[C@H]1COC[C@@H](n2cc(-c3cccc(F)c3)nn2)[C@@H]1O. The molecule has 244 valence electrons. The lowest BCUT2D eigenvalue weighted by molar-refractivity contribution is -0.219. The normalized spacial score (nSPS) is 28.2. The number of methoxy groups -OCH3 is 1. The second-order valence-electron chi connectivity index (χ2n) is 11.3. The van der Waals surface area contributed by atoms with Crippen molar-refractivity contribution in [1.82, 2.24) is 34.9 Å². The van der Waals surface area contributed by atoms with E-state index in [-0.39, 0.29) is 13.2 Å². The smallest absolute Gasteiger partial charge is 0.254 e. The molecule has 2 aliphatic rings. The number of benzene rings is 2. The van der Waals surface area contributed by atoms with Gasteiger partial charge in [0, 0.05) is 25.3 Å². The topological polar surface area (TPSA) is 170 Å². The van der Waals surface area contributed by atoms with Gasteiger partial charge < -0.3 is 34.4 Å². The van der Waals surface area contributed by atoms with E-state index in [0.29, 0.717) is 22.5 Å². The molecule has 46 heavy (non-hydrogen) atoms. The average Bonchev–Trinajstić information content (AvgIpc) is 3.75. The summed E-state index contributed by atoms with van der Waals surface area (Å²) in [6.07, 6.45) is -3.13. The number of halogens is 2. The molecule has 2 aromatic heterocycles. The van der Waals surface area contributed by atoms with Gasteiger partial charge in [-0.05, 0) is 24.3 Å². The Kier molecular flexibility index (Phi) is 9.17. The molecule has 8 atom stereocenters. The van der Waals surface area contributed by atoms with Crippen molar-refractivity contribution in [3.05, 3.63) is 72.6 Å². The van der Waals surface area contributed by atoms with Crippen molar-refractivity contribution in [2.24, 2.45) is 0 Å². The van der Waals surface area contributed by atoms with Crippen molar-refractivity contribution in [2.45, 2.75) is 48.6 Å². The van der Waals surface area contributed by atoms with Crippen LogP contribution in [0.3, 0.4) is 0 Å². The zero-order valence-electron chi connectivity index (χ0n) is 24.9. The summed E-state index contributed by atoms with van der Waals surface area (Å²) in [5.74, 6) is -1.50. The second-order valence-corrected chi connectivity index (χ2v) is 11.3. The quantitative estimate of drug-likeness (QED) is 0.247. The first-order chi connectivity index (χ1) is 22.2. The molecule has 0 unspecified atom stereocenters. The van der Waals surface area contributed by atoms with Crippen molar-refractivity contribution < 1.29 is 43.1 Å². The summed E-state index contributed by atoms with van der Waals surface area (Å²) >= 11 is 0. The molecule has 16 heteroatoms. The molecule has 2 saturated heterocycles. The Balaban J connectivity index is 1.23. The Morgan fingerprint density at radius 3 is 2.17 bits per heavy atom. The van der Waals surface area contributed by atoms with E-state index in [9.17, 15) is 28.9 Å². The fourth-order valence-electron chi connectivity index (χ4n) is 5.98. The van der Waals surface area contributed by atoms with E-state index in [1.165, 1.54) is 64.9 Å². The molecule has 0 radical (unpaired) electrons. The van der Waals surface area contributed by atoms with Crippen LogP contribution in [-0.2, 0) is 19.0 Å². The van der Waals surface area contributed by atoms with Crippen molar-refractivity contribution in [3.63, 3.8) is 0 Å². The maximum atomic E-state index is 14.0. The lowest BCUT2D eigenvalue weighted by atomic mass is 9.91. The summed E-state index contributed by atoms with van der Waals surface area (Å²) < 4.78 is 47.7. The van der Waals surface area contributed by atoms with Crippen molar-refractivity contribution in [3.8, 4) is 22.5 Å². The van der Waals surface area contributed by atoms with E-state index in [1.807, 2.05) is 0 Å². The van der Waals surface area contributed by atoms with Crippen molar-refractivity contribution >= 4 is 5.91 Å². The van der Waals surface area contributed by atoms with Crippen LogP contribution in [0.4, 0.5) is 8.78 Å². The van der Waals surface area contributed by atoms with Crippen LogP contribution in [0.2, 0.25) is 0 Å². The molecular weight excluding hydrogens is 608 g/mol. The molecule has 2 fully saturated rings. The molecule has 6 rings (SSSR count). The van der Waals surface area contributed by atoms with E-state index < -0.39 is 72.8 Å². The summed E-state index contributed by atoms with van der Waals surface area (Å²) in [6, 6.07) is 8.99. The highest BCUT2D eigenvalue weighted by atomic mass is 19.1. The number of rotatable bonds is 8. The van der Waals surface area contributed by atoms with E-state index in [2.05, 4.69) is 20.6 Å². The number of aliphatic hydroxyl groups excluding tert-OH is 3. The minimum absolute atomic E-state index is 0.00865. The molecular formula is C30H33F2N7O7. The highest BCUT2D eigenvalue weighted by molar-refractivity contribution is 5.82. The fourth-order valence-corrected chi connectivity index (χ4v) is 5.98. The number of hydrogen-bond acceptors (Lipinski definition) is 11. The number of amides is 1. The zero-order chi connectivity index (χ0) is 32.5. The third-order valence-corrected chi connectivity index (χ3v) is 8.50. The Morgan fingerprint density at radius 1 is 0.978 bits per heavy atom. The predicted octanol–water partition coefficient (Wildman–Crippen LogP) is 0.618. The maximum Gasteiger partial charge on any atom is 0.254 e. The highest BCUT2D eigenvalue weighted by Crippen LogP contribution is 2.34. The summed E-state index contributed by atoms with van der Waals surface area (Å²) in [5, 5.41) is 49.1. The summed E-state index contributed by atoms with van der Waals surface area (Å²) in [6.45, 7) is -0.553. The molecule has 0 spiro atoms. The number of ether oxygens (including phenoxy) is 3. The standard InChI is InChI=1S/C30H33F2N7O7/c1-37(22-14-45-15-23(26(22)41)38-11-20(33-35-38)16-5-3-7-18(31)9-16)30(43)29-28(44-2)25(27(42)24(13-40)46-29)39-12-21(34-36-39)17-6-4-8-19(32)10-17/h3-12,22-29,40-42H,13-15H2,1-2H3/t22-,23+,24+,25-,26+,27-,28+,29+/m0/s1. The molecule has 4 aromatic rings. The van der Waals surface area contributed by atoms with Gasteiger partial charge in [0.25, 0.3) is 5.91 Å². The summed E-state index contributed by atoms with van der Waals surface area (Å²) in [4.78, 5) is 15.3. The van der Waals surface area contributed by atoms with Crippen LogP contribution < -0.4 is 0 Å². The van der Waals surface area contributed by atoms with Crippen LogP contribution in [0.5, 0.6) is 0 Å². The largest absolute Gasteiger partial charge is 0.394 e. The van der Waals surface area contributed by atoms with Crippen LogP contribution in [0.25, 0.3) is 22.5 Å². The van der Waals surface area contributed by atoms with E-state index >= 15 is 0 Å². The van der Waals surface area contributed by atoms with Crippen LogP contribution in [0.15, 0.2) is 60.9 Å². The van der Waals surface area contributed by atoms with Gasteiger partial charge >= 0.3 is 0 Å². The third kappa shape index (κ3) is 6.02. The van der Waals surface area contributed by atoms with Crippen molar-refractivity contribution in [1.29, 1.82) is 0 Å². The van der Waals surface area contributed by atoms with Gasteiger partial charge in [0.15, 0.2) is 6.10 Å². The molecule has 3 N–H and O–H groups in total. The van der Waals surface area contributed by atoms with Gasteiger partial charge in [-0.1, -0.05) is 34.7 Å². The Hall–Kier alpha value is -4.19. The van der Waals surface area contributed by atoms with E-state index in [0.717, 1.165) is 0 Å². The minimum atomic E-state index is -1.36. The molecule has 2 aromatic carbocycles. The number of aromatic nitrogens is 6.